The maximum Gasteiger partial charge on any atom is 0.239 e. The molecule has 1 fully saturated rings. The zero-order valence-corrected chi connectivity index (χ0v) is 20.9. The summed E-state index contributed by atoms with van der Waals surface area (Å²) < 4.78 is 1.80. The highest BCUT2D eigenvalue weighted by Crippen LogP contribution is 2.26. The Balaban J connectivity index is 1.59. The molecule has 2 N–H and O–H groups in total. The molecule has 7 heteroatoms. The first-order chi connectivity index (χ1) is 15.5. The molecule has 7 nitrogen and oxygen atoms in total. The van der Waals surface area contributed by atoms with Crippen LogP contribution < -0.4 is 10.6 Å². The van der Waals surface area contributed by atoms with E-state index in [0.717, 1.165) is 37.3 Å². The number of para-hydroxylation sites is 1. The third-order valence-electron chi connectivity index (χ3n) is 6.44. The number of hydrogen-bond acceptors (Lipinski definition) is 4. The van der Waals surface area contributed by atoms with E-state index in [0.29, 0.717) is 18.3 Å². The predicted octanol–water partition coefficient (Wildman–Crippen LogP) is 3.98. The van der Waals surface area contributed by atoms with Crippen molar-refractivity contribution in [3.63, 3.8) is 0 Å². The van der Waals surface area contributed by atoms with E-state index < -0.39 is 0 Å². The maximum absolute atomic E-state index is 12.9. The van der Waals surface area contributed by atoms with Crippen LogP contribution in [0.3, 0.4) is 0 Å². The Kier molecular flexibility index (Phi) is 7.95. The van der Waals surface area contributed by atoms with Gasteiger partial charge in [-0.15, -0.1) is 0 Å². The molecule has 0 aliphatic carbocycles. The molecule has 1 saturated heterocycles. The average molecular weight is 454 g/mol. The first-order valence-corrected chi connectivity index (χ1v) is 12.0. The molecule has 2 heterocycles. The lowest BCUT2D eigenvalue weighted by Crippen LogP contribution is -2.45. The number of likely N-dealkylation sites (tertiary alicyclic amines) is 1. The highest BCUT2D eigenvalue weighted by atomic mass is 16.2. The van der Waals surface area contributed by atoms with E-state index in [2.05, 4.69) is 50.2 Å². The number of carbonyl (C=O) groups is 2. The lowest BCUT2D eigenvalue weighted by atomic mass is 9.92. The van der Waals surface area contributed by atoms with Crippen molar-refractivity contribution in [2.24, 2.45) is 11.8 Å². The third-order valence-corrected chi connectivity index (χ3v) is 6.44. The number of rotatable bonds is 7. The number of nitrogens with one attached hydrogen (secondary N) is 2. The van der Waals surface area contributed by atoms with Crippen LogP contribution in [0.2, 0.25) is 0 Å². The summed E-state index contributed by atoms with van der Waals surface area (Å²) in [5, 5.41) is 10.9. The van der Waals surface area contributed by atoms with Crippen molar-refractivity contribution in [2.75, 3.05) is 25.0 Å². The molecule has 180 valence electrons. The fraction of sp³-hybridized carbons (Fsp3) is 0.577. The van der Waals surface area contributed by atoms with Gasteiger partial charge in [0, 0.05) is 23.4 Å². The fourth-order valence-electron chi connectivity index (χ4n) is 3.85. The van der Waals surface area contributed by atoms with E-state index in [-0.39, 0.29) is 29.2 Å². The summed E-state index contributed by atoms with van der Waals surface area (Å²) in [6.45, 7) is 14.4. The Labute approximate surface area is 197 Å². The van der Waals surface area contributed by atoms with Crippen LogP contribution in [-0.4, -0.2) is 52.2 Å². The number of carbonyl (C=O) groups excluding carboxylic acids is 2. The van der Waals surface area contributed by atoms with Gasteiger partial charge in [-0.1, -0.05) is 52.8 Å². The molecule has 3 rings (SSSR count). The van der Waals surface area contributed by atoms with Crippen molar-refractivity contribution in [2.45, 2.75) is 65.8 Å². The van der Waals surface area contributed by atoms with Crippen molar-refractivity contribution in [1.29, 1.82) is 0 Å². The Bertz CT molecular complexity index is 937. The summed E-state index contributed by atoms with van der Waals surface area (Å²) in [5.41, 5.74) is 1.70. The minimum Gasteiger partial charge on any atom is -0.353 e. The predicted molar refractivity (Wildman–Crippen MR) is 133 cm³/mol. The van der Waals surface area contributed by atoms with Gasteiger partial charge in [0.05, 0.1) is 17.9 Å². The number of hydrogen-bond donors (Lipinski definition) is 2. The van der Waals surface area contributed by atoms with Crippen molar-refractivity contribution in [3.8, 4) is 5.69 Å². The number of benzene rings is 1. The maximum atomic E-state index is 12.9. The first-order valence-electron chi connectivity index (χ1n) is 12.0. The van der Waals surface area contributed by atoms with Gasteiger partial charge in [0.1, 0.15) is 5.82 Å². The van der Waals surface area contributed by atoms with Crippen LogP contribution in [0.25, 0.3) is 5.69 Å². The van der Waals surface area contributed by atoms with E-state index >= 15 is 0 Å². The zero-order chi connectivity index (χ0) is 24.2. The van der Waals surface area contributed by atoms with Gasteiger partial charge in [0.15, 0.2) is 0 Å². The molecular weight excluding hydrogens is 414 g/mol. The monoisotopic (exact) mass is 453 g/mol. The SMILES string of the molecule is CC(C)C(C)NC(=O)C1CCN(CC(=O)Nc2cc(C(C)(C)C)nn2-c2ccccc2)CC1. The molecule has 33 heavy (non-hydrogen) atoms. The largest absolute Gasteiger partial charge is 0.353 e. The zero-order valence-electron chi connectivity index (χ0n) is 20.9. The van der Waals surface area contributed by atoms with Crippen LogP contribution in [0.5, 0.6) is 0 Å². The van der Waals surface area contributed by atoms with Gasteiger partial charge in [-0.25, -0.2) is 4.68 Å². The van der Waals surface area contributed by atoms with Crippen LogP contribution in [0.1, 0.15) is 60.1 Å². The third kappa shape index (κ3) is 6.67. The van der Waals surface area contributed by atoms with Gasteiger partial charge >= 0.3 is 0 Å². The second-order valence-corrected chi connectivity index (χ2v) is 10.6. The number of aromatic nitrogens is 2. The molecule has 1 aromatic heterocycles. The Morgan fingerprint density at radius 3 is 2.30 bits per heavy atom. The Morgan fingerprint density at radius 1 is 1.09 bits per heavy atom. The highest BCUT2D eigenvalue weighted by Gasteiger charge is 2.27. The smallest absolute Gasteiger partial charge is 0.239 e. The molecule has 0 radical (unpaired) electrons. The number of anilines is 1. The quantitative estimate of drug-likeness (QED) is 0.665. The van der Waals surface area contributed by atoms with Crippen molar-refractivity contribution in [1.82, 2.24) is 20.0 Å². The van der Waals surface area contributed by atoms with Crippen LogP contribution in [0, 0.1) is 11.8 Å². The normalized spacial score (nSPS) is 16.6. The van der Waals surface area contributed by atoms with Gasteiger partial charge in [-0.05, 0) is 50.9 Å². The summed E-state index contributed by atoms with van der Waals surface area (Å²) in [6.07, 6.45) is 1.56. The Morgan fingerprint density at radius 2 is 1.73 bits per heavy atom. The van der Waals surface area contributed by atoms with E-state index in [1.807, 2.05) is 43.3 Å². The van der Waals surface area contributed by atoms with E-state index in [4.69, 9.17) is 5.10 Å². The topological polar surface area (TPSA) is 79.3 Å². The van der Waals surface area contributed by atoms with Crippen molar-refractivity contribution >= 4 is 17.6 Å². The second-order valence-electron chi connectivity index (χ2n) is 10.6. The van der Waals surface area contributed by atoms with Crippen LogP contribution in [0.15, 0.2) is 36.4 Å². The minimum absolute atomic E-state index is 0.0272. The molecular formula is C26H39N5O2. The van der Waals surface area contributed by atoms with E-state index in [9.17, 15) is 9.59 Å². The second kappa shape index (κ2) is 10.5. The molecule has 1 aromatic carbocycles. The van der Waals surface area contributed by atoms with Gasteiger partial charge < -0.3 is 10.6 Å². The van der Waals surface area contributed by atoms with E-state index in [1.54, 1.807) is 4.68 Å². The summed E-state index contributed by atoms with van der Waals surface area (Å²) >= 11 is 0. The highest BCUT2D eigenvalue weighted by molar-refractivity contribution is 5.92. The van der Waals surface area contributed by atoms with Crippen LogP contribution in [-0.2, 0) is 15.0 Å². The molecule has 1 unspecified atom stereocenters. The molecule has 2 amide bonds. The average Bonchev–Trinajstić information content (AvgIpc) is 3.19. The fourth-order valence-corrected chi connectivity index (χ4v) is 3.85. The first kappa shape index (κ1) is 25.0. The molecule has 0 saturated carbocycles. The molecule has 0 spiro atoms. The number of piperidine rings is 1. The molecule has 1 aliphatic rings. The van der Waals surface area contributed by atoms with Crippen LogP contribution in [0.4, 0.5) is 5.82 Å². The summed E-state index contributed by atoms with van der Waals surface area (Å²) in [7, 11) is 0. The standard InChI is InChI=1S/C26H39N5O2/c1-18(2)19(3)27-25(33)20-12-14-30(15-13-20)17-24(32)28-23-16-22(26(4,5)6)29-31(23)21-10-8-7-9-11-21/h7-11,16,18-20H,12-15,17H2,1-6H3,(H,27,33)(H,28,32). The summed E-state index contributed by atoms with van der Waals surface area (Å²) in [4.78, 5) is 27.5. The molecule has 1 atom stereocenters. The van der Waals surface area contributed by atoms with E-state index in [1.165, 1.54) is 0 Å². The lowest BCUT2D eigenvalue weighted by molar-refractivity contribution is -0.127. The Hall–Kier alpha value is -2.67. The summed E-state index contributed by atoms with van der Waals surface area (Å²) in [5.74, 6) is 1.19. The number of nitrogens with zero attached hydrogens (tertiary/aromatic N) is 3. The molecule has 1 aliphatic heterocycles. The van der Waals surface area contributed by atoms with Gasteiger partial charge in [0.25, 0.3) is 0 Å². The lowest BCUT2D eigenvalue weighted by Gasteiger charge is -2.31. The van der Waals surface area contributed by atoms with Gasteiger partial charge in [-0.2, -0.15) is 5.10 Å². The number of amides is 2. The molecule has 0 bridgehead atoms. The van der Waals surface area contributed by atoms with Gasteiger partial charge in [-0.3, -0.25) is 14.5 Å². The van der Waals surface area contributed by atoms with Gasteiger partial charge in [0.2, 0.25) is 11.8 Å². The van der Waals surface area contributed by atoms with Crippen molar-refractivity contribution < 1.29 is 9.59 Å². The van der Waals surface area contributed by atoms with Crippen LogP contribution >= 0.6 is 0 Å². The minimum atomic E-state index is -0.130. The van der Waals surface area contributed by atoms with Crippen molar-refractivity contribution in [3.05, 3.63) is 42.1 Å². The summed E-state index contributed by atoms with van der Waals surface area (Å²) in [6, 6.07) is 12.0. The molecule has 2 aromatic rings.